The molecule has 1 saturated carbocycles. The normalized spacial score (nSPS) is 19.1. The maximum absolute atomic E-state index is 5.53. The summed E-state index contributed by atoms with van der Waals surface area (Å²) >= 11 is -3.06. The molecule has 0 aliphatic heterocycles. The third-order valence-corrected chi connectivity index (χ3v) is 1.40. The zero-order valence-corrected chi connectivity index (χ0v) is 11.8. The van der Waals surface area contributed by atoms with Crippen LogP contribution < -0.4 is 11.9 Å². The molecule has 82 valence electrons. The maximum atomic E-state index is 5.53. The van der Waals surface area contributed by atoms with Gasteiger partial charge in [-0.15, -0.1) is 0 Å². The van der Waals surface area contributed by atoms with E-state index in [0.29, 0.717) is 6.04 Å². The van der Waals surface area contributed by atoms with Crippen LogP contribution in [-0.2, 0) is 11.9 Å². The van der Waals surface area contributed by atoms with Crippen LogP contribution in [0.15, 0.2) is 0 Å². The second-order valence-electron chi connectivity index (χ2n) is 2.32. The Morgan fingerprint density at radius 2 is 1.25 bits per heavy atom. The summed E-state index contributed by atoms with van der Waals surface area (Å²) in [6, 6.07) is 0.546. The molecule has 0 aromatic carbocycles. The van der Waals surface area contributed by atoms with Gasteiger partial charge in [0, 0.05) is 6.04 Å². The molecular weight excluding hydrogens is 425 g/mol. The molecule has 0 unspecified atom stereocenters. The molecule has 1 aliphatic carbocycles. The van der Waals surface area contributed by atoms with E-state index >= 15 is 0 Å². The Labute approximate surface area is 92.5 Å². The van der Waals surface area contributed by atoms with Crippen molar-refractivity contribution in [3.63, 3.8) is 0 Å². The van der Waals surface area contributed by atoms with Crippen molar-refractivity contribution in [2.24, 2.45) is 5.73 Å². The van der Waals surface area contributed by atoms with Gasteiger partial charge >= 0.3 is 49.6 Å². The van der Waals surface area contributed by atoms with Gasteiger partial charge in [-0.1, -0.05) is 12.8 Å². The van der Waals surface area contributed by atoms with E-state index < -0.39 is 11.9 Å². The summed E-state index contributed by atoms with van der Waals surface area (Å²) in [5.74, 6) is 0. The Bertz CT molecular complexity index is 96.1. The van der Waals surface area contributed by atoms with Gasteiger partial charge < -0.3 is 11.9 Å². The van der Waals surface area contributed by atoms with Gasteiger partial charge in [-0.2, -0.15) is 0 Å². The molecule has 0 spiro atoms. The van der Waals surface area contributed by atoms with Gasteiger partial charge in [-0.05, 0) is 12.8 Å². The molecule has 0 saturated heterocycles. The van der Waals surface area contributed by atoms with E-state index in [4.69, 9.17) is 43.4 Å². The third kappa shape index (κ3) is 17.7. The van der Waals surface area contributed by atoms with Crippen LogP contribution in [-0.4, -0.2) is 6.04 Å². The summed E-state index contributed by atoms with van der Waals surface area (Å²) in [6.45, 7) is 0. The summed E-state index contributed by atoms with van der Waals surface area (Å²) < 4.78 is 0. The van der Waals surface area contributed by atoms with Gasteiger partial charge in [0.2, 0.25) is 0 Å². The quantitative estimate of drug-likeness (QED) is 0.604. The number of rotatable bonds is 0. The van der Waals surface area contributed by atoms with E-state index in [1.165, 1.54) is 25.7 Å². The molecular formula is C5H14Cl4N2Pt. The fourth-order valence-corrected chi connectivity index (χ4v) is 0.957. The van der Waals surface area contributed by atoms with Crippen LogP contribution in [0.25, 0.3) is 0 Å². The number of hydrogen-bond donors (Lipinski definition) is 2. The average Bonchev–Trinajstić information content (AvgIpc) is 2.12. The predicted molar refractivity (Wildman–Crippen MR) is 54.9 cm³/mol. The van der Waals surface area contributed by atoms with Crippen molar-refractivity contribution in [1.82, 2.24) is 6.15 Å². The van der Waals surface area contributed by atoms with Gasteiger partial charge in [0.25, 0.3) is 0 Å². The van der Waals surface area contributed by atoms with E-state index in [2.05, 4.69) is 0 Å². The van der Waals surface area contributed by atoms with E-state index in [-0.39, 0.29) is 6.15 Å². The first kappa shape index (κ1) is 16.2. The minimum absolute atomic E-state index is 0. The molecule has 1 fully saturated rings. The first-order valence-electron chi connectivity index (χ1n) is 3.13. The van der Waals surface area contributed by atoms with Gasteiger partial charge in [0.1, 0.15) is 0 Å². The summed E-state index contributed by atoms with van der Waals surface area (Å²) in [4.78, 5) is 0. The summed E-state index contributed by atoms with van der Waals surface area (Å²) in [7, 11) is 20.0. The van der Waals surface area contributed by atoms with Crippen LogP contribution in [0.1, 0.15) is 25.7 Å². The summed E-state index contributed by atoms with van der Waals surface area (Å²) in [6.07, 6.45) is 5.25. The van der Waals surface area contributed by atoms with Crippen molar-refractivity contribution in [3.8, 4) is 0 Å². The molecule has 0 heterocycles. The molecule has 1 rings (SSSR count). The zero-order chi connectivity index (χ0) is 8.91. The Hall–Kier alpha value is 1.77. The van der Waals surface area contributed by atoms with Crippen molar-refractivity contribution in [2.45, 2.75) is 31.7 Å². The molecule has 12 heavy (non-hydrogen) atoms. The Kier molecular flexibility index (Phi) is 11.0. The molecule has 0 atom stereocenters. The Morgan fingerprint density at radius 3 is 1.33 bits per heavy atom. The first-order chi connectivity index (χ1) is 4.89. The number of hydrogen-bond acceptors (Lipinski definition) is 2. The van der Waals surface area contributed by atoms with Crippen molar-refractivity contribution < 1.29 is 11.9 Å². The zero-order valence-electron chi connectivity index (χ0n) is 6.52. The van der Waals surface area contributed by atoms with Crippen LogP contribution in [0.3, 0.4) is 0 Å². The number of halogens is 4. The van der Waals surface area contributed by atoms with Crippen LogP contribution in [0.5, 0.6) is 0 Å². The third-order valence-electron chi connectivity index (χ3n) is 1.40. The Balaban J connectivity index is 0. The molecule has 2 nitrogen and oxygen atoms in total. The van der Waals surface area contributed by atoms with E-state index in [0.717, 1.165) is 0 Å². The molecule has 0 aromatic heterocycles. The molecule has 1 aliphatic rings. The monoisotopic (exact) mass is 437 g/mol. The standard InChI is InChI=1S/C5H11N.4ClH.H3N.Pt/c6-5-3-1-2-4-5;;;;;;/h5H,1-4,6H2;4*1H;1H3;/q;;;;;;+4/p-4. The minimum atomic E-state index is -3.06. The predicted octanol–water partition coefficient (Wildman–Crippen LogP) is 3.81. The molecule has 0 amide bonds. The van der Waals surface area contributed by atoms with Gasteiger partial charge in [0.05, 0.1) is 0 Å². The van der Waals surface area contributed by atoms with Crippen LogP contribution in [0.4, 0.5) is 0 Å². The summed E-state index contributed by atoms with van der Waals surface area (Å²) in [5.41, 5.74) is 5.53. The van der Waals surface area contributed by atoms with Crippen LogP contribution >= 0.6 is 37.7 Å². The fraction of sp³-hybridized carbons (Fsp3) is 1.00. The van der Waals surface area contributed by atoms with Crippen molar-refractivity contribution in [2.75, 3.05) is 0 Å². The second-order valence-corrected chi connectivity index (χ2v) is 22.0. The molecule has 7 heteroatoms. The van der Waals surface area contributed by atoms with E-state index in [1.54, 1.807) is 0 Å². The van der Waals surface area contributed by atoms with Crippen molar-refractivity contribution >= 4 is 37.7 Å². The fourth-order valence-electron chi connectivity index (χ4n) is 0.957. The number of nitrogens with two attached hydrogens (primary N) is 1. The van der Waals surface area contributed by atoms with Gasteiger partial charge in [0.15, 0.2) is 0 Å². The molecule has 0 radical (unpaired) electrons. The molecule has 0 bridgehead atoms. The molecule has 5 N–H and O–H groups in total. The summed E-state index contributed by atoms with van der Waals surface area (Å²) in [5, 5.41) is 0. The topological polar surface area (TPSA) is 61.0 Å². The average molecular weight is 439 g/mol. The van der Waals surface area contributed by atoms with E-state index in [9.17, 15) is 0 Å². The van der Waals surface area contributed by atoms with Crippen molar-refractivity contribution in [1.29, 1.82) is 0 Å². The van der Waals surface area contributed by atoms with Crippen molar-refractivity contribution in [3.05, 3.63) is 0 Å². The van der Waals surface area contributed by atoms with E-state index in [1.807, 2.05) is 0 Å². The Morgan fingerprint density at radius 1 is 1.00 bits per heavy atom. The van der Waals surface area contributed by atoms with Gasteiger partial charge in [-0.25, -0.2) is 0 Å². The van der Waals surface area contributed by atoms with Crippen LogP contribution in [0.2, 0.25) is 0 Å². The molecule has 0 aromatic rings. The van der Waals surface area contributed by atoms with Crippen LogP contribution in [0, 0.1) is 0 Å². The SMILES string of the molecule is N.NC1CCCC1.[Cl][Pt]([Cl])([Cl])[Cl]. The first-order valence-corrected chi connectivity index (χ1v) is 14.4. The second kappa shape index (κ2) is 8.11. The van der Waals surface area contributed by atoms with Gasteiger partial charge in [-0.3, -0.25) is 0 Å².